The molecule has 3 aromatic carbocycles. The number of rotatable bonds is 9. The van der Waals surface area contributed by atoms with Crippen LogP contribution in [-0.4, -0.2) is 43.2 Å². The van der Waals surface area contributed by atoms with E-state index in [1.54, 1.807) is 55.1 Å². The Kier molecular flexibility index (Phi) is 8.27. The topological polar surface area (TPSA) is 58.6 Å². The maximum atomic E-state index is 13.1. The molecule has 0 aliphatic carbocycles. The van der Waals surface area contributed by atoms with Gasteiger partial charge in [0, 0.05) is 31.4 Å². The third kappa shape index (κ3) is 6.20. The first kappa shape index (κ1) is 22.6. The van der Waals surface area contributed by atoms with Crippen LogP contribution in [0.3, 0.4) is 0 Å². The molecule has 0 aromatic heterocycles. The van der Waals surface area contributed by atoms with Crippen LogP contribution >= 0.6 is 11.8 Å². The summed E-state index contributed by atoms with van der Waals surface area (Å²) in [7, 11) is 3.41. The van der Waals surface area contributed by atoms with Gasteiger partial charge in [0.2, 0.25) is 0 Å². The van der Waals surface area contributed by atoms with Crippen LogP contribution in [0.15, 0.2) is 83.8 Å². The number of hydrogen-bond acceptors (Lipinski definition) is 4. The molecule has 0 saturated carbocycles. The summed E-state index contributed by atoms with van der Waals surface area (Å²) in [4.78, 5) is 28.6. The number of ether oxygens (including phenoxy) is 1. The molecule has 2 amide bonds. The second-order valence-electron chi connectivity index (χ2n) is 6.98. The van der Waals surface area contributed by atoms with Gasteiger partial charge in [-0.05, 0) is 29.8 Å². The molecule has 5 nitrogen and oxygen atoms in total. The molecule has 0 aliphatic rings. The molecule has 0 atom stereocenters. The number of para-hydroxylation sites is 1. The molecule has 0 saturated heterocycles. The Labute approximate surface area is 187 Å². The van der Waals surface area contributed by atoms with Crippen molar-refractivity contribution in [3.8, 4) is 0 Å². The zero-order chi connectivity index (χ0) is 22.1. The third-order valence-electron chi connectivity index (χ3n) is 4.69. The summed E-state index contributed by atoms with van der Waals surface area (Å²) in [6.07, 6.45) is 0. The Bertz CT molecular complexity index is 1020. The number of carbonyl (C=O) groups excluding carboxylic acids is 2. The van der Waals surface area contributed by atoms with Crippen LogP contribution in [0, 0.1) is 0 Å². The molecule has 0 radical (unpaired) electrons. The van der Waals surface area contributed by atoms with E-state index in [1.165, 1.54) is 0 Å². The van der Waals surface area contributed by atoms with Gasteiger partial charge < -0.3 is 15.0 Å². The predicted molar refractivity (Wildman–Crippen MR) is 126 cm³/mol. The lowest BCUT2D eigenvalue weighted by atomic mass is 10.1. The standard InChI is InChI=1S/C25H26N2O3S/c1-27(18-19-10-4-3-5-11-19)25(29)20-12-6-8-14-22(20)26-24(28)21-13-7-9-15-23(21)31-17-16-30-2/h3-15H,16-18H2,1-2H3,(H,26,28). The van der Waals surface area contributed by atoms with Crippen molar-refractivity contribution in [2.45, 2.75) is 11.4 Å². The van der Waals surface area contributed by atoms with Gasteiger partial charge in [-0.15, -0.1) is 11.8 Å². The smallest absolute Gasteiger partial charge is 0.256 e. The summed E-state index contributed by atoms with van der Waals surface area (Å²) in [5, 5.41) is 2.93. The first-order chi connectivity index (χ1) is 15.1. The van der Waals surface area contributed by atoms with Gasteiger partial charge >= 0.3 is 0 Å². The minimum absolute atomic E-state index is 0.150. The summed E-state index contributed by atoms with van der Waals surface area (Å²) >= 11 is 1.57. The van der Waals surface area contributed by atoms with Gasteiger partial charge in [-0.1, -0.05) is 54.6 Å². The average Bonchev–Trinajstić information content (AvgIpc) is 2.80. The van der Waals surface area contributed by atoms with Gasteiger partial charge in [0.05, 0.1) is 23.4 Å². The van der Waals surface area contributed by atoms with E-state index in [1.807, 2.05) is 54.6 Å². The Hall–Kier alpha value is -3.09. The molecule has 160 valence electrons. The highest BCUT2D eigenvalue weighted by Gasteiger charge is 2.19. The lowest BCUT2D eigenvalue weighted by molar-refractivity contribution is 0.0786. The van der Waals surface area contributed by atoms with E-state index in [9.17, 15) is 9.59 Å². The number of nitrogens with one attached hydrogen (secondary N) is 1. The molecule has 1 N–H and O–H groups in total. The van der Waals surface area contributed by atoms with Gasteiger partial charge in [0.25, 0.3) is 11.8 Å². The molecule has 0 spiro atoms. The number of benzene rings is 3. The summed E-state index contributed by atoms with van der Waals surface area (Å²) in [6.45, 7) is 1.09. The molecule has 0 heterocycles. The molecule has 0 fully saturated rings. The van der Waals surface area contributed by atoms with Crippen LogP contribution in [0.5, 0.6) is 0 Å². The van der Waals surface area contributed by atoms with Crippen molar-refractivity contribution >= 4 is 29.3 Å². The molecule has 6 heteroatoms. The van der Waals surface area contributed by atoms with Crippen LogP contribution in [0.1, 0.15) is 26.3 Å². The molecule has 0 bridgehead atoms. The summed E-state index contributed by atoms with van der Waals surface area (Å²) in [5.74, 6) is 0.356. The largest absolute Gasteiger partial charge is 0.384 e. The van der Waals surface area contributed by atoms with Crippen LogP contribution < -0.4 is 5.32 Å². The number of thioether (sulfide) groups is 1. The third-order valence-corrected chi connectivity index (χ3v) is 5.73. The summed E-state index contributed by atoms with van der Waals surface area (Å²) in [5.41, 5.74) is 2.57. The van der Waals surface area contributed by atoms with Gasteiger partial charge in [-0.25, -0.2) is 0 Å². The summed E-state index contributed by atoms with van der Waals surface area (Å²) < 4.78 is 5.10. The average molecular weight is 435 g/mol. The van der Waals surface area contributed by atoms with Crippen molar-refractivity contribution in [3.05, 3.63) is 95.6 Å². The van der Waals surface area contributed by atoms with Gasteiger partial charge in [0.1, 0.15) is 0 Å². The SMILES string of the molecule is COCCSc1ccccc1C(=O)Nc1ccccc1C(=O)N(C)Cc1ccccc1. The zero-order valence-corrected chi connectivity index (χ0v) is 18.5. The van der Waals surface area contributed by atoms with E-state index in [0.29, 0.717) is 30.0 Å². The highest BCUT2D eigenvalue weighted by atomic mass is 32.2. The Morgan fingerprint density at radius 1 is 0.903 bits per heavy atom. The number of amides is 2. The summed E-state index contributed by atoms with van der Waals surface area (Å²) in [6, 6.07) is 24.3. The first-order valence-electron chi connectivity index (χ1n) is 10.0. The number of methoxy groups -OCH3 is 1. The maximum Gasteiger partial charge on any atom is 0.256 e. The van der Waals surface area contributed by atoms with Gasteiger partial charge in [-0.2, -0.15) is 0 Å². The van der Waals surface area contributed by atoms with E-state index < -0.39 is 0 Å². The Morgan fingerprint density at radius 2 is 1.55 bits per heavy atom. The van der Waals surface area contributed by atoms with Crippen LogP contribution in [-0.2, 0) is 11.3 Å². The van der Waals surface area contributed by atoms with Crippen LogP contribution in [0.2, 0.25) is 0 Å². The highest BCUT2D eigenvalue weighted by Crippen LogP contribution is 2.25. The highest BCUT2D eigenvalue weighted by molar-refractivity contribution is 7.99. The fraction of sp³-hybridized carbons (Fsp3) is 0.200. The van der Waals surface area contributed by atoms with Gasteiger partial charge in [-0.3, -0.25) is 9.59 Å². The van der Waals surface area contributed by atoms with Crippen LogP contribution in [0.4, 0.5) is 5.69 Å². The normalized spacial score (nSPS) is 10.5. The number of hydrogen-bond donors (Lipinski definition) is 1. The quantitative estimate of drug-likeness (QED) is 0.382. The van der Waals surface area contributed by atoms with Crippen molar-refractivity contribution < 1.29 is 14.3 Å². The fourth-order valence-corrected chi connectivity index (χ4v) is 4.08. The Morgan fingerprint density at radius 3 is 2.29 bits per heavy atom. The second-order valence-corrected chi connectivity index (χ2v) is 8.12. The molecule has 3 aromatic rings. The number of nitrogens with zero attached hydrogens (tertiary/aromatic N) is 1. The lowest BCUT2D eigenvalue weighted by Gasteiger charge is -2.19. The molecule has 31 heavy (non-hydrogen) atoms. The van der Waals surface area contributed by atoms with Crippen molar-refractivity contribution in [1.29, 1.82) is 0 Å². The van der Waals surface area contributed by atoms with E-state index in [2.05, 4.69) is 5.32 Å². The lowest BCUT2D eigenvalue weighted by Crippen LogP contribution is -2.27. The van der Waals surface area contributed by atoms with Crippen molar-refractivity contribution in [2.75, 3.05) is 31.8 Å². The number of carbonyl (C=O) groups is 2. The second kappa shape index (κ2) is 11.3. The zero-order valence-electron chi connectivity index (χ0n) is 17.7. The van der Waals surface area contributed by atoms with Crippen molar-refractivity contribution in [1.82, 2.24) is 4.90 Å². The monoisotopic (exact) mass is 434 g/mol. The number of anilines is 1. The van der Waals surface area contributed by atoms with E-state index in [-0.39, 0.29) is 11.8 Å². The first-order valence-corrected chi connectivity index (χ1v) is 11.0. The van der Waals surface area contributed by atoms with E-state index in [4.69, 9.17) is 4.74 Å². The van der Waals surface area contributed by atoms with Crippen molar-refractivity contribution in [3.63, 3.8) is 0 Å². The molecular formula is C25H26N2O3S. The van der Waals surface area contributed by atoms with E-state index >= 15 is 0 Å². The predicted octanol–water partition coefficient (Wildman–Crippen LogP) is 4.95. The minimum Gasteiger partial charge on any atom is -0.384 e. The molecule has 3 rings (SSSR count). The molecule has 0 aliphatic heterocycles. The Balaban J connectivity index is 1.76. The fourth-order valence-electron chi connectivity index (χ4n) is 3.12. The molecular weight excluding hydrogens is 408 g/mol. The molecule has 0 unspecified atom stereocenters. The van der Waals surface area contributed by atoms with Gasteiger partial charge in [0.15, 0.2) is 0 Å². The van der Waals surface area contributed by atoms with E-state index in [0.717, 1.165) is 16.2 Å². The minimum atomic E-state index is -0.244. The maximum absolute atomic E-state index is 13.1. The van der Waals surface area contributed by atoms with Crippen LogP contribution in [0.25, 0.3) is 0 Å². The van der Waals surface area contributed by atoms with Crippen molar-refractivity contribution in [2.24, 2.45) is 0 Å².